The minimum atomic E-state index is 0.356. The third-order valence-electron chi connectivity index (χ3n) is 5.91. The normalized spacial score (nSPS) is 24.1. The van der Waals surface area contributed by atoms with Crippen LogP contribution in [0.1, 0.15) is 24.7 Å². The lowest BCUT2D eigenvalue weighted by molar-refractivity contribution is 0.364. The van der Waals surface area contributed by atoms with Gasteiger partial charge in [0.05, 0.1) is 11.0 Å². The van der Waals surface area contributed by atoms with Gasteiger partial charge < -0.3 is 9.84 Å². The molecule has 0 radical (unpaired) electrons. The lowest BCUT2D eigenvalue weighted by Crippen LogP contribution is -2.10. The molecule has 1 aliphatic carbocycles. The van der Waals surface area contributed by atoms with Gasteiger partial charge in [-0.1, -0.05) is 17.3 Å². The van der Waals surface area contributed by atoms with E-state index in [-0.39, 0.29) is 0 Å². The van der Waals surface area contributed by atoms with Crippen LogP contribution < -0.4 is 5.32 Å². The Morgan fingerprint density at radius 1 is 1.15 bits per heavy atom. The predicted octanol–water partition coefficient (Wildman–Crippen LogP) is 2.94. The molecule has 2 atom stereocenters. The molecule has 1 saturated heterocycles. The maximum absolute atomic E-state index is 5.56. The lowest BCUT2D eigenvalue weighted by atomic mass is 10.0. The number of pyridine rings is 1. The Balaban J connectivity index is 1.28. The summed E-state index contributed by atoms with van der Waals surface area (Å²) in [5, 5.41) is 7.62. The summed E-state index contributed by atoms with van der Waals surface area (Å²) in [6.07, 6.45) is 5.93. The van der Waals surface area contributed by atoms with E-state index in [0.29, 0.717) is 17.2 Å². The summed E-state index contributed by atoms with van der Waals surface area (Å²) in [5.41, 5.74) is 3.20. The van der Waals surface area contributed by atoms with Crippen LogP contribution in [-0.4, -0.2) is 37.8 Å². The van der Waals surface area contributed by atoms with E-state index in [1.54, 1.807) is 12.5 Å². The third-order valence-corrected chi connectivity index (χ3v) is 5.91. The number of para-hydroxylation sites is 2. The second-order valence-corrected chi connectivity index (χ2v) is 7.51. The van der Waals surface area contributed by atoms with E-state index < -0.39 is 0 Å². The predicted molar refractivity (Wildman–Crippen MR) is 99.4 cm³/mol. The number of hydrogen-bond acceptors (Lipinski definition) is 6. The molecule has 7 nitrogen and oxygen atoms in total. The topological polar surface area (TPSA) is 81.7 Å². The monoisotopic (exact) mass is 358 g/mol. The van der Waals surface area contributed by atoms with Crippen LogP contribution in [0.3, 0.4) is 0 Å². The lowest BCUT2D eigenvalue weighted by Gasteiger charge is -2.03. The average Bonchev–Trinajstić information content (AvgIpc) is 3.16. The van der Waals surface area contributed by atoms with Crippen molar-refractivity contribution in [1.82, 2.24) is 30.0 Å². The first kappa shape index (κ1) is 15.0. The summed E-state index contributed by atoms with van der Waals surface area (Å²) < 4.78 is 7.53. The number of nitrogens with zero attached hydrogens (tertiary/aromatic N) is 5. The molecular formula is C20H18N6O. The Labute approximate surface area is 155 Å². The maximum Gasteiger partial charge on any atom is 0.230 e. The van der Waals surface area contributed by atoms with Gasteiger partial charge in [-0.05, 0) is 49.1 Å². The minimum absolute atomic E-state index is 0.356. The van der Waals surface area contributed by atoms with Crippen molar-refractivity contribution < 1.29 is 4.52 Å². The average molecular weight is 358 g/mol. The molecule has 6 rings (SSSR count). The Kier molecular flexibility index (Phi) is 3.05. The SMILES string of the molecule is c1ccc2c(c1)ncn2-c1ccc(-c2noc(C3CC34CCNC4)n2)cn1. The van der Waals surface area contributed by atoms with Gasteiger partial charge in [-0.3, -0.25) is 4.57 Å². The summed E-state index contributed by atoms with van der Waals surface area (Å²) >= 11 is 0. The van der Waals surface area contributed by atoms with Crippen molar-refractivity contribution in [3.63, 3.8) is 0 Å². The first-order valence-electron chi connectivity index (χ1n) is 9.26. The fraction of sp³-hybridized carbons (Fsp3) is 0.300. The Hall–Kier alpha value is -3.06. The smallest absolute Gasteiger partial charge is 0.230 e. The van der Waals surface area contributed by atoms with Crippen molar-refractivity contribution in [3.8, 4) is 17.2 Å². The van der Waals surface area contributed by atoms with Gasteiger partial charge in [0.2, 0.25) is 11.7 Å². The molecular weight excluding hydrogens is 340 g/mol. The van der Waals surface area contributed by atoms with Gasteiger partial charge in [-0.2, -0.15) is 4.98 Å². The van der Waals surface area contributed by atoms with Crippen LogP contribution in [0.4, 0.5) is 0 Å². The van der Waals surface area contributed by atoms with Gasteiger partial charge in [0.1, 0.15) is 12.1 Å². The first-order valence-corrected chi connectivity index (χ1v) is 9.26. The van der Waals surface area contributed by atoms with Gasteiger partial charge in [0, 0.05) is 24.2 Å². The van der Waals surface area contributed by atoms with Crippen LogP contribution in [0.25, 0.3) is 28.2 Å². The molecule has 0 bridgehead atoms. The van der Waals surface area contributed by atoms with Crippen LogP contribution in [0.5, 0.6) is 0 Å². The molecule has 2 aliphatic rings. The summed E-state index contributed by atoms with van der Waals surface area (Å²) in [7, 11) is 0. The number of benzene rings is 1. The molecule has 1 spiro atoms. The van der Waals surface area contributed by atoms with Crippen LogP contribution in [0.2, 0.25) is 0 Å². The van der Waals surface area contributed by atoms with E-state index in [1.807, 2.05) is 41.0 Å². The summed E-state index contributed by atoms with van der Waals surface area (Å²) in [6.45, 7) is 2.15. The van der Waals surface area contributed by atoms with E-state index in [4.69, 9.17) is 4.52 Å². The molecule has 7 heteroatoms. The van der Waals surface area contributed by atoms with E-state index >= 15 is 0 Å². The van der Waals surface area contributed by atoms with Crippen LogP contribution >= 0.6 is 0 Å². The number of fused-ring (bicyclic) bond motifs is 1. The van der Waals surface area contributed by atoms with Crippen molar-refractivity contribution >= 4 is 11.0 Å². The molecule has 27 heavy (non-hydrogen) atoms. The fourth-order valence-corrected chi connectivity index (χ4v) is 4.23. The molecule has 0 amide bonds. The van der Waals surface area contributed by atoms with Crippen molar-refractivity contribution in [1.29, 1.82) is 0 Å². The highest BCUT2D eigenvalue weighted by Crippen LogP contribution is 2.62. The van der Waals surface area contributed by atoms with Gasteiger partial charge in [0.15, 0.2) is 0 Å². The largest absolute Gasteiger partial charge is 0.339 e. The van der Waals surface area contributed by atoms with E-state index in [0.717, 1.165) is 47.8 Å². The Morgan fingerprint density at radius 3 is 2.96 bits per heavy atom. The Morgan fingerprint density at radius 2 is 2.11 bits per heavy atom. The molecule has 4 aromatic rings. The molecule has 4 heterocycles. The third kappa shape index (κ3) is 2.31. The highest BCUT2D eigenvalue weighted by molar-refractivity contribution is 5.76. The second-order valence-electron chi connectivity index (χ2n) is 7.51. The van der Waals surface area contributed by atoms with Crippen LogP contribution in [0.15, 0.2) is 53.4 Å². The Bertz CT molecular complexity index is 1120. The van der Waals surface area contributed by atoms with E-state index in [9.17, 15) is 0 Å². The maximum atomic E-state index is 5.56. The van der Waals surface area contributed by atoms with Crippen molar-refractivity contribution in [2.75, 3.05) is 13.1 Å². The molecule has 3 aromatic heterocycles. The molecule has 2 unspecified atom stereocenters. The molecule has 1 aliphatic heterocycles. The fourth-order valence-electron chi connectivity index (χ4n) is 4.23. The number of imidazole rings is 1. The number of nitrogens with one attached hydrogen (secondary N) is 1. The van der Waals surface area contributed by atoms with Gasteiger partial charge in [-0.15, -0.1) is 0 Å². The van der Waals surface area contributed by atoms with Crippen LogP contribution in [-0.2, 0) is 0 Å². The zero-order valence-corrected chi connectivity index (χ0v) is 14.7. The van der Waals surface area contributed by atoms with E-state index in [1.165, 1.54) is 6.42 Å². The second kappa shape index (κ2) is 5.47. The first-order chi connectivity index (χ1) is 13.3. The zero-order chi connectivity index (χ0) is 17.8. The molecule has 1 saturated carbocycles. The summed E-state index contributed by atoms with van der Waals surface area (Å²) in [5.74, 6) is 2.58. The van der Waals surface area contributed by atoms with Crippen molar-refractivity contribution in [2.24, 2.45) is 5.41 Å². The molecule has 1 N–H and O–H groups in total. The number of rotatable bonds is 3. The number of aromatic nitrogens is 5. The standard InChI is InChI=1S/C20H18N6O/c1-2-4-16-15(3-1)23-12-26(16)17-6-5-13(10-22-17)18-24-19(27-25-18)14-9-20(14)7-8-21-11-20/h1-6,10,12,14,21H,7-9,11H2. The molecule has 1 aromatic carbocycles. The number of hydrogen-bond donors (Lipinski definition) is 1. The van der Waals surface area contributed by atoms with Gasteiger partial charge in [0.25, 0.3) is 0 Å². The summed E-state index contributed by atoms with van der Waals surface area (Å²) in [6, 6.07) is 11.9. The highest BCUT2D eigenvalue weighted by atomic mass is 16.5. The van der Waals surface area contributed by atoms with E-state index in [2.05, 4.69) is 25.4 Å². The summed E-state index contributed by atoms with van der Waals surface area (Å²) in [4.78, 5) is 13.6. The molecule has 134 valence electrons. The van der Waals surface area contributed by atoms with Gasteiger partial charge in [-0.25, -0.2) is 9.97 Å². The van der Waals surface area contributed by atoms with Crippen molar-refractivity contribution in [3.05, 3.63) is 54.8 Å². The zero-order valence-electron chi connectivity index (χ0n) is 14.7. The van der Waals surface area contributed by atoms with Crippen LogP contribution in [0, 0.1) is 5.41 Å². The molecule has 2 fully saturated rings. The minimum Gasteiger partial charge on any atom is -0.339 e. The quantitative estimate of drug-likeness (QED) is 0.606. The van der Waals surface area contributed by atoms with Crippen molar-refractivity contribution in [2.45, 2.75) is 18.8 Å². The highest BCUT2D eigenvalue weighted by Gasteiger charge is 2.58. The van der Waals surface area contributed by atoms with Gasteiger partial charge >= 0.3 is 0 Å².